The third-order valence-corrected chi connectivity index (χ3v) is 1.76. The number of carbonyl (C=O) groups excluding carboxylic acids is 2. The Bertz CT molecular complexity index is 240. The molecule has 0 rings (SSSR count). The molecule has 0 spiro atoms. The summed E-state index contributed by atoms with van der Waals surface area (Å²) in [6.45, 7) is 3.07. The Hall–Kier alpha value is -1.02. The Morgan fingerprint density at radius 3 is 2.00 bits per heavy atom. The van der Waals surface area contributed by atoms with Crippen LogP contribution < -0.4 is 0 Å². The molecule has 0 fully saturated rings. The number of hydrogen-bond acceptors (Lipinski definition) is 7. The summed E-state index contributed by atoms with van der Waals surface area (Å²) in [5.74, 6) is -1.14. The second-order valence-electron chi connectivity index (χ2n) is 3.54. The van der Waals surface area contributed by atoms with E-state index in [4.69, 9.17) is 10.2 Å². The average molecular weight is 236 g/mol. The molecule has 0 heterocycles. The highest BCUT2D eigenvalue weighted by Crippen LogP contribution is 2.06. The molecule has 0 unspecified atom stereocenters. The second-order valence-corrected chi connectivity index (χ2v) is 3.54. The van der Waals surface area contributed by atoms with Crippen molar-refractivity contribution in [3.8, 4) is 0 Å². The summed E-state index contributed by atoms with van der Waals surface area (Å²) in [4.78, 5) is 21.2. The van der Waals surface area contributed by atoms with Crippen LogP contribution in [0.1, 0.15) is 13.8 Å². The first kappa shape index (κ1) is 15.0. The van der Waals surface area contributed by atoms with E-state index in [1.54, 1.807) is 0 Å². The van der Waals surface area contributed by atoms with Gasteiger partial charge in [0, 0.05) is 0 Å². The monoisotopic (exact) mass is 236 g/mol. The lowest BCUT2D eigenvalue weighted by Crippen LogP contribution is -2.48. The van der Waals surface area contributed by atoms with Crippen molar-refractivity contribution in [2.75, 3.05) is 0 Å². The zero-order chi connectivity index (χ0) is 12.9. The molecule has 0 aromatic rings. The van der Waals surface area contributed by atoms with Crippen LogP contribution in [-0.4, -0.2) is 63.2 Å². The molecule has 0 aliphatic carbocycles. The second kappa shape index (κ2) is 6.54. The molecular weight excluding hydrogens is 220 g/mol. The SMILES string of the molecule is CC(C)OC(=O)[C@@H](O)[C@H](O)[C@H](O)[C@@H](O)C=O. The molecule has 0 aromatic carbocycles. The number of aliphatic hydroxyl groups is 4. The van der Waals surface area contributed by atoms with Gasteiger partial charge in [0.05, 0.1) is 6.10 Å². The number of rotatable bonds is 6. The average Bonchev–Trinajstić information content (AvgIpc) is 2.23. The summed E-state index contributed by atoms with van der Waals surface area (Å²) in [5.41, 5.74) is 0. The molecule has 16 heavy (non-hydrogen) atoms. The van der Waals surface area contributed by atoms with Crippen LogP contribution in [0.5, 0.6) is 0 Å². The van der Waals surface area contributed by atoms with Gasteiger partial charge in [-0.3, -0.25) is 0 Å². The van der Waals surface area contributed by atoms with E-state index < -0.39 is 36.5 Å². The number of aliphatic hydroxyl groups excluding tert-OH is 4. The Morgan fingerprint density at radius 2 is 1.62 bits per heavy atom. The molecule has 0 saturated carbocycles. The van der Waals surface area contributed by atoms with Gasteiger partial charge in [-0.1, -0.05) is 0 Å². The highest BCUT2D eigenvalue weighted by atomic mass is 16.6. The lowest BCUT2D eigenvalue weighted by atomic mass is 10.0. The smallest absolute Gasteiger partial charge is 0.338 e. The maximum Gasteiger partial charge on any atom is 0.338 e. The van der Waals surface area contributed by atoms with E-state index >= 15 is 0 Å². The molecule has 0 aromatic heterocycles. The normalized spacial score (nSPS) is 18.7. The minimum Gasteiger partial charge on any atom is -0.461 e. The van der Waals surface area contributed by atoms with Gasteiger partial charge in [-0.2, -0.15) is 0 Å². The van der Waals surface area contributed by atoms with E-state index in [-0.39, 0.29) is 6.29 Å². The van der Waals surface area contributed by atoms with Crippen LogP contribution in [0.3, 0.4) is 0 Å². The summed E-state index contributed by atoms with van der Waals surface area (Å²) in [6, 6.07) is 0. The molecule has 0 radical (unpaired) electrons. The van der Waals surface area contributed by atoms with Gasteiger partial charge in [-0.05, 0) is 13.8 Å². The van der Waals surface area contributed by atoms with Crippen molar-refractivity contribution >= 4 is 12.3 Å². The van der Waals surface area contributed by atoms with E-state index in [2.05, 4.69) is 4.74 Å². The molecule has 0 amide bonds. The van der Waals surface area contributed by atoms with Crippen molar-refractivity contribution in [2.45, 2.75) is 44.4 Å². The van der Waals surface area contributed by atoms with Gasteiger partial charge in [0.2, 0.25) is 0 Å². The molecule has 0 bridgehead atoms. The quantitative estimate of drug-likeness (QED) is 0.299. The van der Waals surface area contributed by atoms with Crippen molar-refractivity contribution < 1.29 is 34.8 Å². The fourth-order valence-electron chi connectivity index (χ4n) is 0.911. The van der Waals surface area contributed by atoms with Crippen LogP contribution in [0.2, 0.25) is 0 Å². The van der Waals surface area contributed by atoms with E-state index in [0.29, 0.717) is 0 Å². The van der Waals surface area contributed by atoms with Crippen molar-refractivity contribution in [1.82, 2.24) is 0 Å². The predicted octanol–water partition coefficient (Wildman–Crippen LogP) is -2.42. The largest absolute Gasteiger partial charge is 0.461 e. The number of esters is 1. The molecule has 7 nitrogen and oxygen atoms in total. The molecule has 0 saturated heterocycles. The standard InChI is InChI=1S/C9H16O7/c1-4(2)16-9(15)8(14)7(13)6(12)5(11)3-10/h3-8,11-14H,1-2H3/t5-,6+,7+,8-/m0/s1. The van der Waals surface area contributed by atoms with Gasteiger partial charge in [-0.15, -0.1) is 0 Å². The maximum absolute atomic E-state index is 11.1. The number of ether oxygens (including phenoxy) is 1. The van der Waals surface area contributed by atoms with Crippen molar-refractivity contribution in [3.05, 3.63) is 0 Å². The zero-order valence-corrected chi connectivity index (χ0v) is 8.98. The molecule has 0 aliphatic rings. The fourth-order valence-corrected chi connectivity index (χ4v) is 0.911. The van der Waals surface area contributed by atoms with Crippen LogP contribution in [0, 0.1) is 0 Å². The third-order valence-electron chi connectivity index (χ3n) is 1.76. The van der Waals surface area contributed by atoms with Crippen LogP contribution in [0.25, 0.3) is 0 Å². The van der Waals surface area contributed by atoms with E-state index in [9.17, 15) is 19.8 Å². The summed E-state index contributed by atoms with van der Waals surface area (Å²) in [5, 5.41) is 36.5. The van der Waals surface area contributed by atoms with E-state index in [1.807, 2.05) is 0 Å². The number of carbonyl (C=O) groups is 2. The minimum absolute atomic E-state index is 0.0195. The summed E-state index contributed by atoms with van der Waals surface area (Å²) >= 11 is 0. The van der Waals surface area contributed by atoms with E-state index in [0.717, 1.165) is 0 Å². The Balaban J connectivity index is 4.42. The molecule has 0 aliphatic heterocycles. The molecule has 4 N–H and O–H groups in total. The molecule has 94 valence electrons. The molecular formula is C9H16O7. The topological polar surface area (TPSA) is 124 Å². The van der Waals surface area contributed by atoms with Crippen LogP contribution in [0.4, 0.5) is 0 Å². The van der Waals surface area contributed by atoms with Crippen molar-refractivity contribution in [2.24, 2.45) is 0 Å². The van der Waals surface area contributed by atoms with Gasteiger partial charge in [0.15, 0.2) is 12.4 Å². The van der Waals surface area contributed by atoms with Crippen molar-refractivity contribution in [1.29, 1.82) is 0 Å². The number of hydrogen-bond donors (Lipinski definition) is 4. The van der Waals surface area contributed by atoms with Gasteiger partial charge >= 0.3 is 5.97 Å². The highest BCUT2D eigenvalue weighted by Gasteiger charge is 2.35. The Labute approximate surface area is 92.3 Å². The first-order chi connectivity index (χ1) is 7.31. The highest BCUT2D eigenvalue weighted by molar-refractivity contribution is 5.75. The van der Waals surface area contributed by atoms with E-state index in [1.165, 1.54) is 13.8 Å². The predicted molar refractivity (Wildman–Crippen MR) is 51.3 cm³/mol. The Morgan fingerprint density at radius 1 is 1.12 bits per heavy atom. The number of aldehydes is 1. The molecule has 7 heteroatoms. The molecule has 4 atom stereocenters. The van der Waals surface area contributed by atoms with Crippen LogP contribution in [0.15, 0.2) is 0 Å². The fraction of sp³-hybridized carbons (Fsp3) is 0.778. The minimum atomic E-state index is -2.02. The summed E-state index contributed by atoms with van der Waals surface area (Å²) < 4.78 is 4.57. The van der Waals surface area contributed by atoms with Gasteiger partial charge in [0.25, 0.3) is 0 Å². The first-order valence-electron chi connectivity index (χ1n) is 4.69. The van der Waals surface area contributed by atoms with Crippen molar-refractivity contribution in [3.63, 3.8) is 0 Å². The van der Waals surface area contributed by atoms with Crippen LogP contribution in [-0.2, 0) is 14.3 Å². The first-order valence-corrected chi connectivity index (χ1v) is 4.69. The maximum atomic E-state index is 11.1. The van der Waals surface area contributed by atoms with Gasteiger partial charge < -0.3 is 30.0 Å². The lowest BCUT2D eigenvalue weighted by Gasteiger charge is -2.23. The van der Waals surface area contributed by atoms with Gasteiger partial charge in [0.1, 0.15) is 18.3 Å². The van der Waals surface area contributed by atoms with Crippen LogP contribution >= 0.6 is 0 Å². The Kier molecular flexibility index (Phi) is 6.12. The zero-order valence-electron chi connectivity index (χ0n) is 8.98. The third kappa shape index (κ3) is 4.23. The summed E-state index contributed by atoms with van der Waals surface area (Å²) in [6.07, 6.45) is -8.36. The lowest BCUT2D eigenvalue weighted by molar-refractivity contribution is -0.172. The summed E-state index contributed by atoms with van der Waals surface area (Å²) in [7, 11) is 0. The van der Waals surface area contributed by atoms with Gasteiger partial charge in [-0.25, -0.2) is 4.79 Å².